The lowest BCUT2D eigenvalue weighted by Crippen LogP contribution is -2.36. The van der Waals surface area contributed by atoms with Crippen molar-refractivity contribution in [2.45, 2.75) is 13.0 Å². The molecular weight excluding hydrogens is 310 g/mol. The maximum absolute atomic E-state index is 12.7. The maximum Gasteiger partial charge on any atom is 0.252 e. The van der Waals surface area contributed by atoms with Crippen LogP contribution in [-0.4, -0.2) is 25.7 Å². The second-order valence-corrected chi connectivity index (χ2v) is 5.68. The molecule has 1 amide bonds. The Morgan fingerprint density at radius 1 is 1.17 bits per heavy atom. The van der Waals surface area contributed by atoms with Crippen LogP contribution in [0.3, 0.4) is 0 Å². The van der Waals surface area contributed by atoms with E-state index in [1.807, 2.05) is 61.5 Å². The number of hydrogen-bond donors (Lipinski definition) is 1. The van der Waals surface area contributed by atoms with Gasteiger partial charge in [-0.25, -0.2) is 0 Å². The van der Waals surface area contributed by atoms with Gasteiger partial charge in [0.1, 0.15) is 0 Å². The van der Waals surface area contributed by atoms with Crippen molar-refractivity contribution in [1.82, 2.24) is 5.32 Å². The van der Waals surface area contributed by atoms with Gasteiger partial charge in [-0.05, 0) is 30.2 Å². The van der Waals surface area contributed by atoms with Gasteiger partial charge in [0.25, 0.3) is 5.91 Å². The van der Waals surface area contributed by atoms with E-state index >= 15 is 0 Å². The second-order valence-electron chi connectivity index (χ2n) is 5.28. The highest BCUT2D eigenvalue weighted by Crippen LogP contribution is 2.23. The van der Waals surface area contributed by atoms with Gasteiger partial charge in [-0.2, -0.15) is 0 Å². The summed E-state index contributed by atoms with van der Waals surface area (Å²) in [5.41, 5.74) is 2.22. The van der Waals surface area contributed by atoms with E-state index in [1.165, 1.54) is 0 Å². The van der Waals surface area contributed by atoms with E-state index in [-0.39, 0.29) is 11.9 Å². The van der Waals surface area contributed by atoms with E-state index in [0.717, 1.165) is 11.1 Å². The predicted octanol–water partition coefficient (Wildman–Crippen LogP) is 4.03. The monoisotopic (exact) mass is 329 g/mol. The number of rotatable bonds is 6. The Morgan fingerprint density at radius 2 is 1.83 bits per heavy atom. The SMILES string of the molecule is COC[C@@H](C)NC(=O)/C(=C/c1ccccc1Cl)c1ccccc1. The molecule has 1 atom stereocenters. The second kappa shape index (κ2) is 8.51. The van der Waals surface area contributed by atoms with Gasteiger partial charge in [0.2, 0.25) is 0 Å². The number of benzene rings is 2. The molecule has 0 fully saturated rings. The van der Waals surface area contributed by atoms with Crippen molar-refractivity contribution in [1.29, 1.82) is 0 Å². The van der Waals surface area contributed by atoms with E-state index in [2.05, 4.69) is 5.32 Å². The average Bonchev–Trinajstić information content (AvgIpc) is 2.55. The molecule has 3 nitrogen and oxygen atoms in total. The van der Waals surface area contributed by atoms with Crippen molar-refractivity contribution < 1.29 is 9.53 Å². The van der Waals surface area contributed by atoms with Crippen LogP contribution in [0, 0.1) is 0 Å². The zero-order valence-electron chi connectivity index (χ0n) is 13.3. The fourth-order valence-electron chi connectivity index (χ4n) is 2.24. The topological polar surface area (TPSA) is 38.3 Å². The molecule has 120 valence electrons. The minimum atomic E-state index is -0.152. The van der Waals surface area contributed by atoms with E-state index in [9.17, 15) is 4.79 Å². The van der Waals surface area contributed by atoms with Gasteiger partial charge < -0.3 is 10.1 Å². The molecule has 0 aliphatic rings. The number of nitrogens with one attached hydrogen (secondary N) is 1. The molecule has 0 spiro atoms. The number of hydrogen-bond acceptors (Lipinski definition) is 2. The molecule has 2 rings (SSSR count). The fraction of sp³-hybridized carbons (Fsp3) is 0.211. The van der Waals surface area contributed by atoms with Crippen LogP contribution in [0.25, 0.3) is 11.6 Å². The zero-order chi connectivity index (χ0) is 16.7. The van der Waals surface area contributed by atoms with Crippen LogP contribution in [-0.2, 0) is 9.53 Å². The number of ether oxygens (including phenoxy) is 1. The van der Waals surface area contributed by atoms with Crippen LogP contribution in [0.4, 0.5) is 0 Å². The van der Waals surface area contributed by atoms with E-state index in [4.69, 9.17) is 16.3 Å². The smallest absolute Gasteiger partial charge is 0.252 e. The molecule has 2 aromatic carbocycles. The number of amides is 1. The molecule has 4 heteroatoms. The average molecular weight is 330 g/mol. The lowest BCUT2D eigenvalue weighted by Gasteiger charge is -2.15. The molecule has 1 N–H and O–H groups in total. The van der Waals surface area contributed by atoms with Crippen molar-refractivity contribution in [2.24, 2.45) is 0 Å². The fourth-order valence-corrected chi connectivity index (χ4v) is 2.43. The summed E-state index contributed by atoms with van der Waals surface area (Å²) in [6.07, 6.45) is 1.81. The molecule has 0 aromatic heterocycles. The van der Waals surface area contributed by atoms with Crippen molar-refractivity contribution in [3.63, 3.8) is 0 Å². The lowest BCUT2D eigenvalue weighted by atomic mass is 10.0. The Kier molecular flexibility index (Phi) is 6.39. The highest BCUT2D eigenvalue weighted by atomic mass is 35.5. The van der Waals surface area contributed by atoms with E-state index in [1.54, 1.807) is 13.2 Å². The van der Waals surface area contributed by atoms with Crippen LogP contribution in [0.5, 0.6) is 0 Å². The van der Waals surface area contributed by atoms with Crippen LogP contribution in [0.2, 0.25) is 5.02 Å². The van der Waals surface area contributed by atoms with E-state index < -0.39 is 0 Å². The quantitative estimate of drug-likeness (QED) is 0.642. The minimum Gasteiger partial charge on any atom is -0.383 e. The normalized spacial score (nSPS) is 12.7. The third-order valence-corrected chi connectivity index (χ3v) is 3.67. The summed E-state index contributed by atoms with van der Waals surface area (Å²) in [4.78, 5) is 12.7. The summed E-state index contributed by atoms with van der Waals surface area (Å²) >= 11 is 6.22. The van der Waals surface area contributed by atoms with Gasteiger partial charge in [-0.3, -0.25) is 4.79 Å². The molecule has 0 aliphatic carbocycles. The number of carbonyl (C=O) groups is 1. The van der Waals surface area contributed by atoms with Crippen LogP contribution in [0.15, 0.2) is 54.6 Å². The lowest BCUT2D eigenvalue weighted by molar-refractivity contribution is -0.116. The maximum atomic E-state index is 12.7. The van der Waals surface area contributed by atoms with Crippen molar-refractivity contribution in [3.8, 4) is 0 Å². The van der Waals surface area contributed by atoms with Crippen LogP contribution >= 0.6 is 11.6 Å². The summed E-state index contributed by atoms with van der Waals surface area (Å²) < 4.78 is 5.07. The standard InChI is InChI=1S/C19H20ClNO2/c1-14(13-23-2)21-19(22)17(15-8-4-3-5-9-15)12-16-10-6-7-11-18(16)20/h3-12,14H,13H2,1-2H3,(H,21,22)/b17-12+/t14-/m1/s1. The van der Waals surface area contributed by atoms with Crippen molar-refractivity contribution >= 4 is 29.2 Å². The molecule has 2 aromatic rings. The Balaban J connectivity index is 2.37. The largest absolute Gasteiger partial charge is 0.383 e. The summed E-state index contributed by atoms with van der Waals surface area (Å²) in [6, 6.07) is 16.9. The molecule has 23 heavy (non-hydrogen) atoms. The van der Waals surface area contributed by atoms with Crippen molar-refractivity contribution in [3.05, 3.63) is 70.7 Å². The van der Waals surface area contributed by atoms with E-state index in [0.29, 0.717) is 17.2 Å². The van der Waals surface area contributed by atoms with Gasteiger partial charge in [0.15, 0.2) is 0 Å². The first-order valence-corrected chi connectivity index (χ1v) is 7.81. The highest BCUT2D eigenvalue weighted by Gasteiger charge is 2.15. The number of carbonyl (C=O) groups excluding carboxylic acids is 1. The summed E-state index contributed by atoms with van der Waals surface area (Å²) in [5.74, 6) is -0.152. The molecular formula is C19H20ClNO2. The first-order chi connectivity index (χ1) is 11.1. The summed E-state index contributed by atoms with van der Waals surface area (Å²) in [7, 11) is 1.61. The Hall–Kier alpha value is -2.10. The summed E-state index contributed by atoms with van der Waals surface area (Å²) in [5, 5.41) is 3.55. The highest BCUT2D eigenvalue weighted by molar-refractivity contribution is 6.33. The van der Waals surface area contributed by atoms with Crippen LogP contribution < -0.4 is 5.32 Å². The zero-order valence-corrected chi connectivity index (χ0v) is 14.0. The number of methoxy groups -OCH3 is 1. The predicted molar refractivity (Wildman–Crippen MR) is 95.2 cm³/mol. The third-order valence-electron chi connectivity index (χ3n) is 3.33. The van der Waals surface area contributed by atoms with Gasteiger partial charge in [0.05, 0.1) is 6.61 Å². The van der Waals surface area contributed by atoms with Crippen LogP contribution in [0.1, 0.15) is 18.1 Å². The van der Waals surface area contributed by atoms with Gasteiger partial charge in [-0.15, -0.1) is 0 Å². The number of halogens is 1. The summed E-state index contributed by atoms with van der Waals surface area (Å²) in [6.45, 7) is 2.36. The van der Waals surface area contributed by atoms with Gasteiger partial charge >= 0.3 is 0 Å². The first-order valence-electron chi connectivity index (χ1n) is 7.43. The molecule has 0 radical (unpaired) electrons. The Morgan fingerprint density at radius 3 is 2.48 bits per heavy atom. The Labute approximate surface area is 141 Å². The van der Waals surface area contributed by atoms with Crippen molar-refractivity contribution in [2.75, 3.05) is 13.7 Å². The minimum absolute atomic E-state index is 0.0779. The molecule has 0 bridgehead atoms. The Bertz CT molecular complexity index is 683. The third kappa shape index (κ3) is 4.95. The first kappa shape index (κ1) is 17.3. The molecule has 0 unspecified atom stereocenters. The van der Waals surface area contributed by atoms with Gasteiger partial charge in [0, 0.05) is 23.7 Å². The molecule has 0 aliphatic heterocycles. The molecule has 0 saturated carbocycles. The molecule has 0 heterocycles. The van der Waals surface area contributed by atoms with Gasteiger partial charge in [-0.1, -0.05) is 60.1 Å². The molecule has 0 saturated heterocycles.